The van der Waals surface area contributed by atoms with Gasteiger partial charge in [-0.25, -0.2) is 0 Å². The molecular formula is C4H6NNaS3. The Balaban J connectivity index is 0.000000640. The number of rotatable bonds is 0. The van der Waals surface area contributed by atoms with Gasteiger partial charge < -0.3 is 29.7 Å². The Hall–Kier alpha value is 1.46. The molecule has 1 aliphatic heterocycles. The fourth-order valence-corrected chi connectivity index (χ4v) is 1.99. The van der Waals surface area contributed by atoms with Gasteiger partial charge in [-0.05, 0) is 0 Å². The number of hydrogen-bond acceptors (Lipinski definition) is 3. The summed E-state index contributed by atoms with van der Waals surface area (Å²) in [6.07, 6.45) is 0. The average molecular weight is 187 g/mol. The van der Waals surface area contributed by atoms with Crippen molar-refractivity contribution in [2.45, 2.75) is 0 Å². The minimum atomic E-state index is 0. The standard InChI is InChI=1S/C4H7NS3.Na/c6-4(7)5-1-2-8-3-5;/h1-3H2,(H,6,7);/q;+1/p-1. The van der Waals surface area contributed by atoms with Crippen LogP contribution >= 0.6 is 24.0 Å². The summed E-state index contributed by atoms with van der Waals surface area (Å²) in [4.78, 5) is 2.04. The van der Waals surface area contributed by atoms with E-state index in [0.29, 0.717) is 4.32 Å². The normalized spacial score (nSPS) is 17.1. The van der Waals surface area contributed by atoms with Gasteiger partial charge in [-0.15, -0.1) is 11.8 Å². The van der Waals surface area contributed by atoms with E-state index in [2.05, 4.69) is 0 Å². The predicted molar refractivity (Wildman–Crippen MR) is 44.0 cm³/mol. The van der Waals surface area contributed by atoms with Crippen molar-refractivity contribution < 1.29 is 29.6 Å². The zero-order valence-corrected chi connectivity index (χ0v) is 9.74. The van der Waals surface area contributed by atoms with Crippen LogP contribution in [0.5, 0.6) is 0 Å². The third-order valence-electron chi connectivity index (χ3n) is 1.01. The van der Waals surface area contributed by atoms with Gasteiger partial charge in [0.05, 0.1) is 5.88 Å². The maximum atomic E-state index is 4.78. The first-order valence-corrected chi connectivity index (χ1v) is 4.31. The monoisotopic (exact) mass is 187 g/mol. The molecule has 46 valence electrons. The van der Waals surface area contributed by atoms with Crippen molar-refractivity contribution in [3.63, 3.8) is 0 Å². The molecule has 0 aromatic rings. The molecule has 1 rings (SSSR count). The molecule has 1 heterocycles. The summed E-state index contributed by atoms with van der Waals surface area (Å²) >= 11 is 11.4. The number of nitrogens with zero attached hydrogens (tertiary/aromatic N) is 1. The van der Waals surface area contributed by atoms with E-state index in [1.54, 1.807) is 0 Å². The van der Waals surface area contributed by atoms with E-state index in [1.807, 2.05) is 16.7 Å². The van der Waals surface area contributed by atoms with Crippen LogP contribution in [-0.4, -0.2) is 27.4 Å². The Labute approximate surface area is 92.6 Å². The molecule has 1 saturated heterocycles. The van der Waals surface area contributed by atoms with Crippen LogP contribution in [0.4, 0.5) is 0 Å². The largest absolute Gasteiger partial charge is 1.00 e. The molecule has 5 heteroatoms. The van der Waals surface area contributed by atoms with Crippen molar-refractivity contribution >= 4 is 40.9 Å². The Morgan fingerprint density at radius 3 is 2.56 bits per heavy atom. The third-order valence-corrected chi connectivity index (χ3v) is 2.49. The van der Waals surface area contributed by atoms with Crippen LogP contribution in [0.3, 0.4) is 0 Å². The van der Waals surface area contributed by atoms with Crippen molar-refractivity contribution in [1.29, 1.82) is 0 Å². The van der Waals surface area contributed by atoms with Gasteiger partial charge in [-0.3, -0.25) is 0 Å². The Morgan fingerprint density at radius 2 is 2.33 bits per heavy atom. The average Bonchev–Trinajstić information content (AvgIpc) is 2.12. The van der Waals surface area contributed by atoms with E-state index in [4.69, 9.17) is 24.8 Å². The molecule has 0 aromatic carbocycles. The summed E-state index contributed by atoms with van der Waals surface area (Å²) in [7, 11) is 0. The zero-order chi connectivity index (χ0) is 5.98. The Bertz CT molecular complexity index is 102. The molecule has 0 bridgehead atoms. The third kappa shape index (κ3) is 3.39. The van der Waals surface area contributed by atoms with Gasteiger partial charge in [0, 0.05) is 12.3 Å². The van der Waals surface area contributed by atoms with Gasteiger partial charge in [0.15, 0.2) is 0 Å². The fraction of sp³-hybridized carbons (Fsp3) is 0.750. The van der Waals surface area contributed by atoms with Crippen LogP contribution in [0.15, 0.2) is 0 Å². The van der Waals surface area contributed by atoms with Crippen molar-refractivity contribution in [3.8, 4) is 0 Å². The fourth-order valence-electron chi connectivity index (χ4n) is 0.558. The first-order valence-electron chi connectivity index (χ1n) is 2.34. The van der Waals surface area contributed by atoms with Crippen LogP contribution in [0.1, 0.15) is 0 Å². The van der Waals surface area contributed by atoms with Crippen molar-refractivity contribution in [2.75, 3.05) is 18.2 Å². The SMILES string of the molecule is S=C([S-])N1CCSC1.[Na+]. The summed E-state index contributed by atoms with van der Waals surface area (Å²) < 4.78 is 0.620. The molecule has 0 radical (unpaired) electrons. The van der Waals surface area contributed by atoms with Crippen LogP contribution < -0.4 is 29.6 Å². The van der Waals surface area contributed by atoms with Crippen LogP contribution in [-0.2, 0) is 12.6 Å². The second kappa shape index (κ2) is 5.16. The van der Waals surface area contributed by atoms with E-state index >= 15 is 0 Å². The van der Waals surface area contributed by atoms with Crippen LogP contribution in [0.25, 0.3) is 0 Å². The predicted octanol–water partition coefficient (Wildman–Crippen LogP) is -2.17. The van der Waals surface area contributed by atoms with Gasteiger partial charge in [-0.1, -0.05) is 4.32 Å². The molecule has 1 fully saturated rings. The van der Waals surface area contributed by atoms with E-state index in [9.17, 15) is 0 Å². The molecule has 0 amide bonds. The van der Waals surface area contributed by atoms with Crippen molar-refractivity contribution in [2.24, 2.45) is 0 Å². The molecule has 0 saturated carbocycles. The molecule has 0 aliphatic carbocycles. The Kier molecular flexibility index (Phi) is 5.99. The zero-order valence-electron chi connectivity index (χ0n) is 5.29. The van der Waals surface area contributed by atoms with Crippen molar-refractivity contribution in [3.05, 3.63) is 0 Å². The summed E-state index contributed by atoms with van der Waals surface area (Å²) in [6.45, 7) is 1.05. The first kappa shape index (κ1) is 10.5. The Morgan fingerprint density at radius 1 is 1.67 bits per heavy atom. The van der Waals surface area contributed by atoms with Gasteiger partial charge >= 0.3 is 29.6 Å². The number of thiocarbonyl (C=S) groups is 1. The molecular weight excluding hydrogens is 181 g/mol. The molecule has 0 N–H and O–H groups in total. The number of hydrogen-bond donors (Lipinski definition) is 0. The molecule has 0 spiro atoms. The van der Waals surface area contributed by atoms with E-state index in [-0.39, 0.29) is 29.6 Å². The maximum Gasteiger partial charge on any atom is 1.00 e. The summed E-state index contributed by atoms with van der Waals surface area (Å²) in [6, 6.07) is 0. The summed E-state index contributed by atoms with van der Waals surface area (Å²) in [5, 5.41) is 0. The minimum Gasteiger partial charge on any atom is -0.411 e. The molecule has 0 unspecified atom stereocenters. The summed E-state index contributed by atoms with van der Waals surface area (Å²) in [5.41, 5.74) is 0. The quantitative estimate of drug-likeness (QED) is 0.241. The first-order chi connectivity index (χ1) is 3.80. The van der Waals surface area contributed by atoms with Gasteiger partial charge in [0.1, 0.15) is 0 Å². The minimum absolute atomic E-state index is 0. The van der Waals surface area contributed by atoms with E-state index in [0.717, 1.165) is 12.4 Å². The smallest absolute Gasteiger partial charge is 0.411 e. The van der Waals surface area contributed by atoms with Gasteiger partial charge in [-0.2, -0.15) is 0 Å². The molecule has 1 nitrogen and oxygen atoms in total. The second-order valence-electron chi connectivity index (χ2n) is 1.57. The number of thioether (sulfide) groups is 1. The topological polar surface area (TPSA) is 3.24 Å². The second-order valence-corrected chi connectivity index (χ2v) is 3.67. The van der Waals surface area contributed by atoms with E-state index < -0.39 is 0 Å². The molecule has 0 aromatic heterocycles. The molecule has 0 atom stereocenters. The van der Waals surface area contributed by atoms with Gasteiger partial charge in [0.2, 0.25) is 0 Å². The van der Waals surface area contributed by atoms with Crippen LogP contribution in [0.2, 0.25) is 0 Å². The van der Waals surface area contributed by atoms with Crippen molar-refractivity contribution in [1.82, 2.24) is 4.90 Å². The molecule has 1 aliphatic rings. The molecule has 9 heavy (non-hydrogen) atoms. The maximum absolute atomic E-state index is 4.78. The van der Waals surface area contributed by atoms with Crippen LogP contribution in [0, 0.1) is 0 Å². The van der Waals surface area contributed by atoms with E-state index in [1.165, 1.54) is 5.75 Å². The summed E-state index contributed by atoms with van der Waals surface area (Å²) in [5.74, 6) is 2.18. The van der Waals surface area contributed by atoms with Gasteiger partial charge in [0.25, 0.3) is 0 Å².